The summed E-state index contributed by atoms with van der Waals surface area (Å²) in [4.78, 5) is 34.8. The third kappa shape index (κ3) is 10.9. The summed E-state index contributed by atoms with van der Waals surface area (Å²) >= 11 is 0. The third-order valence-electron chi connectivity index (χ3n) is 4.07. The van der Waals surface area contributed by atoms with Crippen molar-refractivity contribution in [3.8, 4) is 0 Å². The predicted octanol–water partition coefficient (Wildman–Crippen LogP) is 3.81. The van der Waals surface area contributed by atoms with E-state index in [0.29, 0.717) is 12.3 Å². The van der Waals surface area contributed by atoms with E-state index in [9.17, 15) is 19.5 Å². The lowest BCUT2D eigenvalue weighted by atomic mass is 9.90. The van der Waals surface area contributed by atoms with Crippen molar-refractivity contribution in [2.75, 3.05) is 6.54 Å². The molecule has 0 heterocycles. The van der Waals surface area contributed by atoms with Crippen molar-refractivity contribution in [2.45, 2.75) is 73.5 Å². The van der Waals surface area contributed by atoms with Gasteiger partial charge in [0.25, 0.3) is 6.29 Å². The molecule has 152 valence electrons. The minimum atomic E-state index is -0.990. The van der Waals surface area contributed by atoms with E-state index in [-0.39, 0.29) is 24.8 Å². The van der Waals surface area contributed by atoms with Crippen LogP contribution in [0.3, 0.4) is 0 Å². The summed E-state index contributed by atoms with van der Waals surface area (Å²) in [7, 11) is 0. The highest BCUT2D eigenvalue weighted by molar-refractivity contribution is 5.73. The maximum atomic E-state index is 11.9. The Bertz CT molecular complexity index is 449. The van der Waals surface area contributed by atoms with E-state index < -0.39 is 30.2 Å². The summed E-state index contributed by atoms with van der Waals surface area (Å²) in [6.45, 7) is 11.4. The molecule has 7 heteroatoms. The van der Waals surface area contributed by atoms with Gasteiger partial charge in [0.1, 0.15) is 0 Å². The maximum absolute atomic E-state index is 11.9. The zero-order valence-corrected chi connectivity index (χ0v) is 16.9. The molecule has 0 fully saturated rings. The molecule has 0 bridgehead atoms. The molecule has 7 nitrogen and oxygen atoms in total. The highest BCUT2D eigenvalue weighted by atomic mass is 16.7. The number of carboxylic acid groups (broad SMARTS) is 1. The molecular weight excluding hydrogens is 338 g/mol. The molecule has 0 aliphatic rings. The molecule has 0 radical (unpaired) electrons. The van der Waals surface area contributed by atoms with Crippen molar-refractivity contribution >= 4 is 18.0 Å². The Balaban J connectivity index is 4.51. The van der Waals surface area contributed by atoms with E-state index in [1.165, 1.54) is 0 Å². The van der Waals surface area contributed by atoms with Gasteiger partial charge < -0.3 is 19.9 Å². The van der Waals surface area contributed by atoms with Gasteiger partial charge >= 0.3 is 18.0 Å². The molecule has 0 aliphatic heterocycles. The first-order chi connectivity index (χ1) is 12.1. The number of hydrogen-bond acceptors (Lipinski definition) is 5. The number of alkyl carbamates (subject to hydrolysis) is 1. The van der Waals surface area contributed by atoms with Crippen LogP contribution in [0.1, 0.15) is 67.2 Å². The molecule has 0 rings (SSSR count). The second-order valence-corrected chi connectivity index (χ2v) is 7.59. The third-order valence-corrected chi connectivity index (χ3v) is 4.07. The van der Waals surface area contributed by atoms with Crippen molar-refractivity contribution in [3.05, 3.63) is 0 Å². The number of nitrogens with one attached hydrogen (secondary N) is 1. The summed E-state index contributed by atoms with van der Waals surface area (Å²) < 4.78 is 10.2. The average molecular weight is 373 g/mol. The highest BCUT2D eigenvalue weighted by Crippen LogP contribution is 2.20. The Morgan fingerprint density at radius 2 is 1.62 bits per heavy atom. The van der Waals surface area contributed by atoms with Crippen molar-refractivity contribution in [1.82, 2.24) is 5.32 Å². The quantitative estimate of drug-likeness (QED) is 0.398. The normalized spacial score (nSPS) is 14.6. The molecule has 0 aromatic rings. The van der Waals surface area contributed by atoms with Crippen molar-refractivity contribution in [1.29, 1.82) is 0 Å². The van der Waals surface area contributed by atoms with Gasteiger partial charge in [-0.15, -0.1) is 0 Å². The number of carbonyl (C=O) groups excluding carboxylic acids is 2. The molecule has 0 unspecified atom stereocenters. The first-order valence-corrected chi connectivity index (χ1v) is 9.43. The molecule has 1 amide bonds. The monoisotopic (exact) mass is 373 g/mol. The Morgan fingerprint density at radius 1 is 1.00 bits per heavy atom. The number of rotatable bonds is 12. The number of carbonyl (C=O) groups is 3. The van der Waals surface area contributed by atoms with Gasteiger partial charge in [-0.2, -0.15) is 0 Å². The summed E-state index contributed by atoms with van der Waals surface area (Å²) in [5.41, 5.74) is 0. The topological polar surface area (TPSA) is 102 Å². The van der Waals surface area contributed by atoms with Crippen LogP contribution in [-0.2, 0) is 19.1 Å². The van der Waals surface area contributed by atoms with E-state index in [1.54, 1.807) is 20.8 Å². The van der Waals surface area contributed by atoms with Gasteiger partial charge in [-0.05, 0) is 18.3 Å². The zero-order valence-electron chi connectivity index (χ0n) is 16.9. The molecule has 2 N–H and O–H groups in total. The Morgan fingerprint density at radius 3 is 2.08 bits per heavy atom. The fraction of sp³-hybridized carbons (Fsp3) is 0.842. The van der Waals surface area contributed by atoms with Crippen LogP contribution in [0.4, 0.5) is 4.79 Å². The summed E-state index contributed by atoms with van der Waals surface area (Å²) in [6, 6.07) is 0. The van der Waals surface area contributed by atoms with Crippen molar-refractivity contribution in [2.24, 2.45) is 23.7 Å². The fourth-order valence-electron chi connectivity index (χ4n) is 2.36. The molecular formula is C19H35NO6. The van der Waals surface area contributed by atoms with Gasteiger partial charge in [0.15, 0.2) is 0 Å². The largest absolute Gasteiger partial charge is 0.481 e. The van der Waals surface area contributed by atoms with Crippen LogP contribution in [-0.4, -0.2) is 36.0 Å². The van der Waals surface area contributed by atoms with Crippen LogP contribution in [0.25, 0.3) is 0 Å². The molecule has 0 aliphatic carbocycles. The molecule has 0 aromatic heterocycles. The van der Waals surface area contributed by atoms with Crippen LogP contribution in [0.15, 0.2) is 0 Å². The van der Waals surface area contributed by atoms with Crippen LogP contribution >= 0.6 is 0 Å². The minimum absolute atomic E-state index is 0.0211. The Hall–Kier alpha value is -1.79. The van der Waals surface area contributed by atoms with Gasteiger partial charge in [-0.25, -0.2) is 4.79 Å². The standard InChI is InChI=1S/C19H35NO6/c1-7-16(21)25-18(13(4)5)26-19(24)20-11-15(17(22)23)10-14(6)9-8-12(2)3/h12-15,18H,7-11H2,1-6H3,(H,20,24)(H,22,23)/t14-,15+,18-/m0/s1. The van der Waals surface area contributed by atoms with Gasteiger partial charge in [0, 0.05) is 18.9 Å². The van der Waals surface area contributed by atoms with Crippen LogP contribution in [0, 0.1) is 23.7 Å². The van der Waals surface area contributed by atoms with E-state index >= 15 is 0 Å². The SMILES string of the molecule is CCC(=O)O[C@@H](OC(=O)NC[C@@H](C[C@@H](C)CCC(C)C)C(=O)O)C(C)C. The minimum Gasteiger partial charge on any atom is -0.481 e. The lowest BCUT2D eigenvalue weighted by molar-refractivity contribution is -0.174. The first kappa shape index (κ1) is 24.2. The molecule has 0 saturated heterocycles. The molecule has 26 heavy (non-hydrogen) atoms. The summed E-state index contributed by atoms with van der Waals surface area (Å²) in [6.07, 6.45) is 0.893. The highest BCUT2D eigenvalue weighted by Gasteiger charge is 2.25. The van der Waals surface area contributed by atoms with Crippen molar-refractivity contribution in [3.63, 3.8) is 0 Å². The summed E-state index contributed by atoms with van der Waals surface area (Å²) in [5.74, 6) is -1.46. The van der Waals surface area contributed by atoms with Gasteiger partial charge in [-0.3, -0.25) is 9.59 Å². The molecule has 0 saturated carbocycles. The second kappa shape index (κ2) is 12.5. The Labute approximate surface area is 156 Å². The predicted molar refractivity (Wildman–Crippen MR) is 98.5 cm³/mol. The number of esters is 1. The lowest BCUT2D eigenvalue weighted by Crippen LogP contribution is -2.38. The van der Waals surface area contributed by atoms with Gasteiger partial charge in [0.2, 0.25) is 0 Å². The lowest BCUT2D eigenvalue weighted by Gasteiger charge is -2.22. The number of ether oxygens (including phenoxy) is 2. The van der Waals surface area contributed by atoms with Crippen molar-refractivity contribution < 1.29 is 29.0 Å². The van der Waals surface area contributed by atoms with E-state index in [2.05, 4.69) is 19.2 Å². The molecule has 3 atom stereocenters. The number of amides is 1. The maximum Gasteiger partial charge on any atom is 0.410 e. The van der Waals surface area contributed by atoms with E-state index in [0.717, 1.165) is 12.8 Å². The summed E-state index contributed by atoms with van der Waals surface area (Å²) in [5, 5.41) is 11.8. The molecule has 0 spiro atoms. The Kier molecular flexibility index (Phi) is 11.7. The fourth-order valence-corrected chi connectivity index (χ4v) is 2.36. The van der Waals surface area contributed by atoms with Gasteiger partial charge in [-0.1, -0.05) is 54.4 Å². The number of aliphatic carboxylic acids is 1. The number of hydrogen-bond donors (Lipinski definition) is 2. The number of carboxylic acids is 1. The zero-order chi connectivity index (χ0) is 20.3. The van der Waals surface area contributed by atoms with E-state index in [4.69, 9.17) is 9.47 Å². The van der Waals surface area contributed by atoms with Crippen LogP contribution < -0.4 is 5.32 Å². The first-order valence-electron chi connectivity index (χ1n) is 9.43. The van der Waals surface area contributed by atoms with E-state index in [1.807, 2.05) is 6.92 Å². The van der Waals surface area contributed by atoms with Gasteiger partial charge in [0.05, 0.1) is 5.92 Å². The molecule has 0 aromatic carbocycles. The average Bonchev–Trinajstić information content (AvgIpc) is 2.55. The smallest absolute Gasteiger partial charge is 0.410 e. The second-order valence-electron chi connectivity index (χ2n) is 7.59. The van der Waals surface area contributed by atoms with Crippen LogP contribution in [0.5, 0.6) is 0 Å². The van der Waals surface area contributed by atoms with Crippen LogP contribution in [0.2, 0.25) is 0 Å².